The van der Waals surface area contributed by atoms with Gasteiger partial charge in [0.05, 0.1) is 23.3 Å². The van der Waals surface area contributed by atoms with E-state index in [4.69, 9.17) is 32.7 Å². The first-order valence-corrected chi connectivity index (χ1v) is 10.9. The first kappa shape index (κ1) is 22.1. The van der Waals surface area contributed by atoms with Crippen molar-refractivity contribution < 1.29 is 23.9 Å². The zero-order chi connectivity index (χ0) is 21.3. The van der Waals surface area contributed by atoms with Gasteiger partial charge in [0.1, 0.15) is 0 Å². The number of carbonyl (C=O) groups excluding carboxylic acids is 3. The van der Waals surface area contributed by atoms with Gasteiger partial charge in [0, 0.05) is 11.0 Å². The van der Waals surface area contributed by atoms with Crippen molar-refractivity contribution in [2.24, 2.45) is 11.3 Å². The lowest BCUT2D eigenvalue weighted by molar-refractivity contribution is -0.156. The van der Waals surface area contributed by atoms with E-state index < -0.39 is 23.3 Å². The summed E-state index contributed by atoms with van der Waals surface area (Å²) in [7, 11) is 0. The van der Waals surface area contributed by atoms with Crippen LogP contribution in [0.5, 0.6) is 0 Å². The molecule has 0 radical (unpaired) electrons. The van der Waals surface area contributed by atoms with Crippen LogP contribution in [-0.2, 0) is 25.5 Å². The molecule has 0 spiro atoms. The van der Waals surface area contributed by atoms with Crippen LogP contribution in [0.25, 0.3) is 0 Å². The number of hydrogen-bond donors (Lipinski definition) is 0. The van der Waals surface area contributed by atoms with E-state index in [1.807, 2.05) is 6.92 Å². The second-order valence-electron chi connectivity index (χ2n) is 7.97. The molecule has 29 heavy (non-hydrogen) atoms. The first-order valence-electron chi connectivity index (χ1n) is 10.1. The number of benzene rings is 1. The SMILES string of the molecule is CCOC(=O)C(C(=O)OCC)c1cc2c(c(Cl)c1Cl)C(=O)C(C)(C1CCCC1)C2. The van der Waals surface area contributed by atoms with Gasteiger partial charge in [-0.3, -0.25) is 14.4 Å². The number of Topliss-reactive ketones (excluding diaryl/α,β-unsaturated/α-hetero) is 1. The summed E-state index contributed by atoms with van der Waals surface area (Å²) >= 11 is 13.0. The molecule has 0 aliphatic heterocycles. The summed E-state index contributed by atoms with van der Waals surface area (Å²) in [6.07, 6.45) is 4.80. The number of fused-ring (bicyclic) bond motifs is 1. The molecule has 0 amide bonds. The predicted molar refractivity (Wildman–Crippen MR) is 111 cm³/mol. The van der Waals surface area contributed by atoms with Crippen LogP contribution in [0.3, 0.4) is 0 Å². The van der Waals surface area contributed by atoms with Crippen molar-refractivity contribution in [3.05, 3.63) is 32.8 Å². The maximum atomic E-state index is 13.3. The molecular weight excluding hydrogens is 415 g/mol. The van der Waals surface area contributed by atoms with Gasteiger partial charge in [0.25, 0.3) is 0 Å². The minimum atomic E-state index is -1.33. The van der Waals surface area contributed by atoms with Crippen molar-refractivity contribution in [2.75, 3.05) is 13.2 Å². The van der Waals surface area contributed by atoms with Crippen molar-refractivity contribution in [3.8, 4) is 0 Å². The molecule has 1 fully saturated rings. The summed E-state index contributed by atoms with van der Waals surface area (Å²) in [6.45, 7) is 5.53. The molecule has 1 aromatic rings. The second kappa shape index (κ2) is 8.65. The van der Waals surface area contributed by atoms with Gasteiger partial charge in [0.15, 0.2) is 11.7 Å². The second-order valence-corrected chi connectivity index (χ2v) is 8.73. The molecule has 0 N–H and O–H groups in total. The Morgan fingerprint density at radius 3 is 2.17 bits per heavy atom. The van der Waals surface area contributed by atoms with E-state index in [1.54, 1.807) is 19.9 Å². The summed E-state index contributed by atoms with van der Waals surface area (Å²) in [5.41, 5.74) is 0.845. The quantitative estimate of drug-likeness (QED) is 0.452. The molecular formula is C22H26Cl2O5. The normalized spacial score (nSPS) is 21.5. The van der Waals surface area contributed by atoms with Crippen LogP contribution in [-0.4, -0.2) is 30.9 Å². The Labute approximate surface area is 181 Å². The van der Waals surface area contributed by atoms with Crippen LogP contribution in [0.1, 0.15) is 73.9 Å². The van der Waals surface area contributed by atoms with Gasteiger partial charge in [-0.1, -0.05) is 49.0 Å². The van der Waals surface area contributed by atoms with Crippen LogP contribution < -0.4 is 0 Å². The summed E-state index contributed by atoms with van der Waals surface area (Å²) in [4.78, 5) is 38.4. The fourth-order valence-electron chi connectivity index (χ4n) is 4.75. The van der Waals surface area contributed by atoms with Crippen molar-refractivity contribution in [2.45, 2.75) is 58.8 Å². The average Bonchev–Trinajstić information content (AvgIpc) is 3.28. The van der Waals surface area contributed by atoms with Crippen molar-refractivity contribution in [1.82, 2.24) is 0 Å². The maximum absolute atomic E-state index is 13.3. The van der Waals surface area contributed by atoms with Gasteiger partial charge in [-0.2, -0.15) is 0 Å². The topological polar surface area (TPSA) is 69.7 Å². The van der Waals surface area contributed by atoms with Gasteiger partial charge in [-0.15, -0.1) is 0 Å². The third kappa shape index (κ3) is 3.79. The van der Waals surface area contributed by atoms with Gasteiger partial charge in [-0.25, -0.2) is 0 Å². The number of carbonyl (C=O) groups is 3. The lowest BCUT2D eigenvalue weighted by Gasteiger charge is -2.29. The van der Waals surface area contributed by atoms with E-state index in [0.717, 1.165) is 31.2 Å². The molecule has 7 heteroatoms. The van der Waals surface area contributed by atoms with Gasteiger partial charge < -0.3 is 9.47 Å². The number of rotatable bonds is 6. The van der Waals surface area contributed by atoms with Gasteiger partial charge in [0.2, 0.25) is 0 Å². The van der Waals surface area contributed by atoms with Gasteiger partial charge >= 0.3 is 11.9 Å². The molecule has 1 aromatic carbocycles. The van der Waals surface area contributed by atoms with Crippen LogP contribution in [0.4, 0.5) is 0 Å². The van der Waals surface area contributed by atoms with Crippen LogP contribution in [0.2, 0.25) is 10.0 Å². The lowest BCUT2D eigenvalue weighted by Crippen LogP contribution is -2.32. The standard InChI is InChI=1S/C22H26Cl2O5/c1-4-28-20(26)16(21(27)29-5-2)14-10-12-11-22(3,13-8-6-7-9-13)19(25)15(12)18(24)17(14)23/h10,13,16H,4-9,11H2,1-3H3. The number of esters is 2. The zero-order valence-corrected chi connectivity index (χ0v) is 18.5. The highest BCUT2D eigenvalue weighted by atomic mass is 35.5. The van der Waals surface area contributed by atoms with Crippen molar-refractivity contribution in [3.63, 3.8) is 0 Å². The smallest absolute Gasteiger partial charge is 0.324 e. The largest absolute Gasteiger partial charge is 0.465 e. The summed E-state index contributed by atoms with van der Waals surface area (Å²) < 4.78 is 10.2. The van der Waals surface area contributed by atoms with E-state index in [2.05, 4.69) is 0 Å². The van der Waals surface area contributed by atoms with Crippen molar-refractivity contribution >= 4 is 40.9 Å². The Morgan fingerprint density at radius 2 is 1.66 bits per heavy atom. The van der Waals surface area contributed by atoms with Crippen LogP contribution in [0.15, 0.2) is 6.07 Å². The molecule has 2 aliphatic carbocycles. The van der Waals surface area contributed by atoms with E-state index >= 15 is 0 Å². The zero-order valence-electron chi connectivity index (χ0n) is 17.0. The Bertz CT molecular complexity index is 826. The molecule has 0 bridgehead atoms. The number of hydrogen-bond acceptors (Lipinski definition) is 5. The maximum Gasteiger partial charge on any atom is 0.324 e. The number of ether oxygens (including phenoxy) is 2. The molecule has 0 aromatic heterocycles. The average molecular weight is 441 g/mol. The molecule has 5 nitrogen and oxygen atoms in total. The molecule has 3 rings (SSSR count). The van der Waals surface area contributed by atoms with Crippen LogP contribution >= 0.6 is 23.2 Å². The summed E-state index contributed by atoms with van der Waals surface area (Å²) in [5.74, 6) is -2.52. The Morgan fingerprint density at radius 1 is 1.10 bits per heavy atom. The summed E-state index contributed by atoms with van der Waals surface area (Å²) in [5, 5.41) is 0.130. The van der Waals surface area contributed by atoms with E-state index in [1.165, 1.54) is 0 Å². The van der Waals surface area contributed by atoms with E-state index in [9.17, 15) is 14.4 Å². The highest BCUT2D eigenvalue weighted by Crippen LogP contribution is 2.52. The van der Waals surface area contributed by atoms with Crippen LogP contribution in [0, 0.1) is 11.3 Å². The Kier molecular flexibility index (Phi) is 6.59. The van der Waals surface area contributed by atoms with Crippen molar-refractivity contribution in [1.29, 1.82) is 0 Å². The molecule has 1 saturated carbocycles. The number of halogens is 2. The van der Waals surface area contributed by atoms with E-state index in [-0.39, 0.29) is 34.6 Å². The highest BCUT2D eigenvalue weighted by Gasteiger charge is 2.49. The molecule has 158 valence electrons. The molecule has 2 aliphatic rings. The Hall–Kier alpha value is -1.59. The first-order chi connectivity index (χ1) is 13.8. The molecule has 0 heterocycles. The fourth-order valence-corrected chi connectivity index (χ4v) is 5.33. The molecule has 1 unspecified atom stereocenters. The minimum absolute atomic E-state index is 0.00155. The summed E-state index contributed by atoms with van der Waals surface area (Å²) in [6, 6.07) is 1.67. The third-order valence-corrected chi connectivity index (χ3v) is 7.11. The minimum Gasteiger partial charge on any atom is -0.465 e. The lowest BCUT2D eigenvalue weighted by atomic mass is 9.73. The van der Waals surface area contributed by atoms with Gasteiger partial charge in [-0.05, 0) is 50.2 Å². The number of ketones is 1. The Balaban J connectivity index is 2.07. The molecule has 1 atom stereocenters. The fraction of sp³-hybridized carbons (Fsp3) is 0.591. The molecule has 0 saturated heterocycles. The predicted octanol–water partition coefficient (Wildman–Crippen LogP) is 5.14. The monoisotopic (exact) mass is 440 g/mol. The van der Waals surface area contributed by atoms with E-state index in [0.29, 0.717) is 17.9 Å². The third-order valence-electron chi connectivity index (χ3n) is 6.23. The highest BCUT2D eigenvalue weighted by molar-refractivity contribution is 6.45.